The summed E-state index contributed by atoms with van der Waals surface area (Å²) in [6, 6.07) is 25.0. The highest BCUT2D eigenvalue weighted by Gasteiger charge is 2.13. The molecule has 0 atom stereocenters. The van der Waals surface area contributed by atoms with E-state index in [0.717, 1.165) is 55.6 Å². The van der Waals surface area contributed by atoms with Crippen LogP contribution in [0.4, 0.5) is 0 Å². The van der Waals surface area contributed by atoms with E-state index in [-0.39, 0.29) is 0 Å². The van der Waals surface area contributed by atoms with Crippen molar-refractivity contribution in [3.63, 3.8) is 0 Å². The summed E-state index contributed by atoms with van der Waals surface area (Å²) in [5.74, 6) is 1.29. The second-order valence-corrected chi connectivity index (χ2v) is 9.05. The lowest BCUT2D eigenvalue weighted by Crippen LogP contribution is -1.82. The summed E-state index contributed by atoms with van der Waals surface area (Å²) in [6.07, 6.45) is 0. The van der Waals surface area contributed by atoms with Crippen LogP contribution in [0.1, 0.15) is 22.3 Å². The minimum atomic E-state index is 0.645. The number of hydrogen-bond donors (Lipinski definition) is 0. The van der Waals surface area contributed by atoms with E-state index >= 15 is 0 Å². The lowest BCUT2D eigenvalue weighted by Gasteiger charge is -2.04. The zero-order chi connectivity index (χ0) is 23.4. The highest BCUT2D eigenvalue weighted by molar-refractivity contribution is 5.81. The molecule has 0 saturated heterocycles. The first-order valence-corrected chi connectivity index (χ1v) is 11.4. The zero-order valence-corrected chi connectivity index (χ0v) is 19.6. The third-order valence-corrected chi connectivity index (χ3v) is 6.24. The van der Waals surface area contributed by atoms with Crippen LogP contribution in [0.5, 0.6) is 0 Å². The molecule has 0 aliphatic rings. The Morgan fingerprint density at radius 2 is 0.824 bits per heavy atom. The average Bonchev–Trinajstić information content (AvgIpc) is 3.44. The number of benzene rings is 4. The van der Waals surface area contributed by atoms with Gasteiger partial charge in [0.05, 0.1) is 0 Å². The zero-order valence-electron chi connectivity index (χ0n) is 19.6. The first kappa shape index (κ1) is 20.4. The van der Waals surface area contributed by atoms with Crippen LogP contribution in [-0.2, 0) is 0 Å². The van der Waals surface area contributed by atoms with Gasteiger partial charge >= 0.3 is 0 Å². The molecular weight excluding hydrogens is 420 g/mol. The highest BCUT2D eigenvalue weighted by atomic mass is 16.4. The topological polar surface area (TPSA) is 52.1 Å². The number of fused-ring (bicyclic) bond motifs is 2. The smallest absolute Gasteiger partial charge is 0.227 e. The number of aryl methyl sites for hydroxylation is 4. The molecule has 0 amide bonds. The van der Waals surface area contributed by atoms with Crippen molar-refractivity contribution in [1.29, 1.82) is 0 Å². The molecule has 0 saturated carbocycles. The van der Waals surface area contributed by atoms with Crippen LogP contribution in [-0.4, -0.2) is 9.97 Å². The molecule has 0 spiro atoms. The molecule has 4 heteroatoms. The van der Waals surface area contributed by atoms with Gasteiger partial charge in [0.1, 0.15) is 11.0 Å². The van der Waals surface area contributed by atoms with E-state index in [1.807, 2.05) is 0 Å². The number of aromatic nitrogens is 2. The van der Waals surface area contributed by atoms with Crippen molar-refractivity contribution < 1.29 is 8.83 Å². The van der Waals surface area contributed by atoms with Crippen LogP contribution in [0.3, 0.4) is 0 Å². The van der Waals surface area contributed by atoms with Gasteiger partial charge in [0, 0.05) is 11.1 Å². The van der Waals surface area contributed by atoms with Gasteiger partial charge in [-0.15, -0.1) is 0 Å². The second-order valence-electron chi connectivity index (χ2n) is 9.05. The first-order valence-electron chi connectivity index (χ1n) is 11.4. The summed E-state index contributed by atoms with van der Waals surface area (Å²) < 4.78 is 12.1. The van der Waals surface area contributed by atoms with Crippen molar-refractivity contribution in [3.8, 4) is 34.0 Å². The van der Waals surface area contributed by atoms with Gasteiger partial charge in [-0.05, 0) is 97.5 Å². The van der Waals surface area contributed by atoms with E-state index in [0.29, 0.717) is 11.8 Å². The van der Waals surface area contributed by atoms with Crippen molar-refractivity contribution >= 4 is 22.2 Å². The molecule has 2 heterocycles. The molecule has 4 aromatic carbocycles. The fourth-order valence-electron chi connectivity index (χ4n) is 4.61. The van der Waals surface area contributed by atoms with Crippen molar-refractivity contribution in [2.24, 2.45) is 0 Å². The molecule has 6 rings (SSSR count). The molecule has 0 unspecified atom stereocenters. The van der Waals surface area contributed by atoms with E-state index in [1.165, 1.54) is 11.1 Å². The quantitative estimate of drug-likeness (QED) is 0.276. The lowest BCUT2D eigenvalue weighted by molar-refractivity contribution is 0.617. The van der Waals surface area contributed by atoms with Crippen molar-refractivity contribution in [2.75, 3.05) is 0 Å². The number of nitrogens with zero attached hydrogens (tertiary/aromatic N) is 2. The maximum absolute atomic E-state index is 6.06. The Balaban J connectivity index is 1.28. The summed E-state index contributed by atoms with van der Waals surface area (Å²) in [5, 5.41) is 0. The normalized spacial score (nSPS) is 11.5. The molecule has 0 N–H and O–H groups in total. The standard InChI is InChI=1S/C30H24N2O2/c1-17-13-19(3)27-25(15-17)31-29(33-27)23-9-5-21(6-10-23)22-7-11-24(12-8-22)30-32-26-16-18(2)14-20(4)28(26)34-30/h5-16H,1-4H3. The number of oxazole rings is 2. The van der Waals surface area contributed by atoms with Gasteiger partial charge < -0.3 is 8.83 Å². The second kappa shape index (κ2) is 7.70. The average molecular weight is 445 g/mol. The van der Waals surface area contributed by atoms with Crippen LogP contribution >= 0.6 is 0 Å². The minimum Gasteiger partial charge on any atom is -0.436 e. The molecule has 2 aromatic heterocycles. The Bertz CT molecular complexity index is 1540. The van der Waals surface area contributed by atoms with Gasteiger partial charge in [0.25, 0.3) is 0 Å². The van der Waals surface area contributed by atoms with Gasteiger partial charge in [-0.1, -0.05) is 36.4 Å². The Hall–Kier alpha value is -4.18. The van der Waals surface area contributed by atoms with Gasteiger partial charge in [0.15, 0.2) is 11.2 Å². The number of rotatable bonds is 3. The maximum Gasteiger partial charge on any atom is 0.227 e. The maximum atomic E-state index is 6.06. The summed E-state index contributed by atoms with van der Waals surface area (Å²) in [6.45, 7) is 8.26. The first-order chi connectivity index (χ1) is 16.4. The molecule has 4 nitrogen and oxygen atoms in total. The van der Waals surface area contributed by atoms with Crippen molar-refractivity contribution in [2.45, 2.75) is 27.7 Å². The van der Waals surface area contributed by atoms with E-state index < -0.39 is 0 Å². The van der Waals surface area contributed by atoms with E-state index in [2.05, 4.69) is 100 Å². The Morgan fingerprint density at radius 3 is 1.21 bits per heavy atom. The predicted octanol–water partition coefficient (Wildman–Crippen LogP) is 8.20. The lowest BCUT2D eigenvalue weighted by atomic mass is 10.0. The van der Waals surface area contributed by atoms with Crippen LogP contribution < -0.4 is 0 Å². The SMILES string of the molecule is Cc1cc(C)c2oc(-c3ccc(-c4ccc(-c5nc6cc(C)cc(C)c6o5)cc4)cc3)nc2c1. The van der Waals surface area contributed by atoms with E-state index in [9.17, 15) is 0 Å². The van der Waals surface area contributed by atoms with Crippen molar-refractivity contribution in [3.05, 3.63) is 95.1 Å². The summed E-state index contributed by atoms with van der Waals surface area (Å²) in [5.41, 5.74) is 12.3. The van der Waals surface area contributed by atoms with Crippen molar-refractivity contribution in [1.82, 2.24) is 9.97 Å². The molecule has 0 aliphatic heterocycles. The van der Waals surface area contributed by atoms with Crippen LogP contribution in [0.2, 0.25) is 0 Å². The van der Waals surface area contributed by atoms with Gasteiger partial charge in [-0.25, -0.2) is 9.97 Å². The van der Waals surface area contributed by atoms with Crippen LogP contribution in [0, 0.1) is 27.7 Å². The van der Waals surface area contributed by atoms with E-state index in [1.54, 1.807) is 0 Å². The van der Waals surface area contributed by atoms with Gasteiger partial charge in [-0.3, -0.25) is 0 Å². The third kappa shape index (κ3) is 3.48. The Labute approximate surface area is 197 Å². The molecule has 6 aromatic rings. The molecule has 0 aliphatic carbocycles. The fraction of sp³-hybridized carbons (Fsp3) is 0.133. The van der Waals surface area contributed by atoms with Crippen LogP contribution in [0.15, 0.2) is 81.6 Å². The van der Waals surface area contributed by atoms with Gasteiger partial charge in [-0.2, -0.15) is 0 Å². The van der Waals surface area contributed by atoms with E-state index in [4.69, 9.17) is 18.8 Å². The molecule has 34 heavy (non-hydrogen) atoms. The summed E-state index contributed by atoms with van der Waals surface area (Å²) >= 11 is 0. The molecule has 0 fully saturated rings. The third-order valence-electron chi connectivity index (χ3n) is 6.24. The van der Waals surface area contributed by atoms with Crippen LogP contribution in [0.25, 0.3) is 56.2 Å². The largest absolute Gasteiger partial charge is 0.436 e. The minimum absolute atomic E-state index is 0.645. The number of hydrogen-bond acceptors (Lipinski definition) is 4. The monoisotopic (exact) mass is 444 g/mol. The van der Waals surface area contributed by atoms with Gasteiger partial charge in [0.2, 0.25) is 11.8 Å². The molecular formula is C30H24N2O2. The molecule has 0 radical (unpaired) electrons. The fourth-order valence-corrected chi connectivity index (χ4v) is 4.61. The predicted molar refractivity (Wildman–Crippen MR) is 137 cm³/mol. The molecule has 0 bridgehead atoms. The summed E-state index contributed by atoms with van der Waals surface area (Å²) in [7, 11) is 0. The molecule has 166 valence electrons. The Kier molecular flexibility index (Phi) is 4.63. The summed E-state index contributed by atoms with van der Waals surface area (Å²) in [4.78, 5) is 9.40. The highest BCUT2D eigenvalue weighted by Crippen LogP contribution is 2.31. The Morgan fingerprint density at radius 1 is 0.471 bits per heavy atom.